The average molecular weight is 325 g/mol. The Hall–Kier alpha value is -2.44. The molecule has 1 heterocycles. The highest BCUT2D eigenvalue weighted by Crippen LogP contribution is 2.12. The van der Waals surface area contributed by atoms with Gasteiger partial charge in [-0.3, -0.25) is 5.43 Å². The molecule has 0 saturated carbocycles. The molecule has 0 aliphatic rings. The molecule has 0 unspecified atom stereocenters. The maximum atomic E-state index is 5.27. The van der Waals surface area contributed by atoms with E-state index in [0.29, 0.717) is 5.11 Å². The SMILES string of the molecule is Cc1ccccc1NC(=S)NNCCc1nc2ccccc2[nH]1. The normalized spacial score (nSPS) is 10.7. The number of para-hydroxylation sites is 3. The Morgan fingerprint density at radius 1 is 1.13 bits per heavy atom. The Labute approximate surface area is 140 Å². The second kappa shape index (κ2) is 7.21. The van der Waals surface area contributed by atoms with Crippen LogP contribution in [0.3, 0.4) is 0 Å². The summed E-state index contributed by atoms with van der Waals surface area (Å²) < 4.78 is 0. The van der Waals surface area contributed by atoms with Gasteiger partial charge in [0.15, 0.2) is 5.11 Å². The third-order valence-corrected chi connectivity index (χ3v) is 3.72. The first-order chi connectivity index (χ1) is 11.2. The van der Waals surface area contributed by atoms with Crippen molar-refractivity contribution in [2.75, 3.05) is 11.9 Å². The smallest absolute Gasteiger partial charge is 0.185 e. The van der Waals surface area contributed by atoms with E-state index in [-0.39, 0.29) is 0 Å². The quantitative estimate of drug-likeness (QED) is 0.330. The van der Waals surface area contributed by atoms with Gasteiger partial charge in [-0.15, -0.1) is 0 Å². The molecule has 0 bridgehead atoms. The summed E-state index contributed by atoms with van der Waals surface area (Å²) in [5, 5.41) is 3.71. The molecule has 0 aliphatic heterocycles. The first-order valence-corrected chi connectivity index (χ1v) is 7.92. The van der Waals surface area contributed by atoms with Gasteiger partial charge in [0.25, 0.3) is 0 Å². The van der Waals surface area contributed by atoms with Crippen LogP contribution in [-0.2, 0) is 6.42 Å². The van der Waals surface area contributed by atoms with Gasteiger partial charge in [0.2, 0.25) is 0 Å². The van der Waals surface area contributed by atoms with Crippen LogP contribution in [0, 0.1) is 6.92 Å². The Balaban J connectivity index is 1.44. The molecule has 0 atom stereocenters. The standard InChI is InChI=1S/C17H19N5S/c1-12-6-2-3-7-13(12)21-17(23)22-18-11-10-16-19-14-8-4-5-9-15(14)20-16/h2-9,18H,10-11H2,1H3,(H,19,20)(H2,21,22,23). The van der Waals surface area contributed by atoms with Gasteiger partial charge in [-0.1, -0.05) is 30.3 Å². The van der Waals surface area contributed by atoms with Crippen LogP contribution in [0.25, 0.3) is 11.0 Å². The molecule has 4 N–H and O–H groups in total. The summed E-state index contributed by atoms with van der Waals surface area (Å²) in [5.41, 5.74) is 10.3. The molecule has 3 aromatic rings. The first kappa shape index (κ1) is 15.5. The van der Waals surface area contributed by atoms with Crippen molar-refractivity contribution in [2.24, 2.45) is 0 Å². The Bertz CT molecular complexity index is 778. The molecule has 0 aliphatic carbocycles. The molecule has 1 aromatic heterocycles. The number of hydrogen-bond donors (Lipinski definition) is 4. The van der Waals surface area contributed by atoms with E-state index in [9.17, 15) is 0 Å². The van der Waals surface area contributed by atoms with Crippen LogP contribution in [0.5, 0.6) is 0 Å². The molecule has 118 valence electrons. The lowest BCUT2D eigenvalue weighted by Crippen LogP contribution is -2.41. The van der Waals surface area contributed by atoms with Gasteiger partial charge in [0, 0.05) is 18.7 Å². The van der Waals surface area contributed by atoms with E-state index in [1.54, 1.807) is 0 Å². The van der Waals surface area contributed by atoms with Crippen molar-refractivity contribution in [3.8, 4) is 0 Å². The van der Waals surface area contributed by atoms with Gasteiger partial charge in [0.05, 0.1) is 11.0 Å². The number of aryl methyl sites for hydroxylation is 1. The number of thiocarbonyl (C=S) groups is 1. The Kier molecular flexibility index (Phi) is 4.85. The minimum atomic E-state index is 0.545. The fourth-order valence-electron chi connectivity index (χ4n) is 2.31. The highest BCUT2D eigenvalue weighted by Gasteiger charge is 2.02. The van der Waals surface area contributed by atoms with Crippen molar-refractivity contribution >= 4 is 34.1 Å². The summed E-state index contributed by atoms with van der Waals surface area (Å²) in [6.45, 7) is 2.76. The fourth-order valence-corrected chi connectivity index (χ4v) is 2.50. The van der Waals surface area contributed by atoms with Crippen molar-refractivity contribution in [1.82, 2.24) is 20.8 Å². The Morgan fingerprint density at radius 2 is 1.91 bits per heavy atom. The van der Waals surface area contributed by atoms with Gasteiger partial charge in [-0.05, 0) is 42.9 Å². The third kappa shape index (κ3) is 4.06. The highest BCUT2D eigenvalue weighted by molar-refractivity contribution is 7.80. The molecule has 0 amide bonds. The van der Waals surface area contributed by atoms with Crippen molar-refractivity contribution in [2.45, 2.75) is 13.3 Å². The lowest BCUT2D eigenvalue weighted by atomic mass is 10.2. The number of nitrogens with zero attached hydrogens (tertiary/aromatic N) is 1. The van der Waals surface area contributed by atoms with E-state index in [1.165, 1.54) is 0 Å². The summed E-state index contributed by atoms with van der Waals surface area (Å²) in [5.74, 6) is 0.957. The summed E-state index contributed by atoms with van der Waals surface area (Å²) >= 11 is 5.27. The molecular formula is C17H19N5S. The largest absolute Gasteiger partial charge is 0.342 e. The molecule has 0 fully saturated rings. The monoisotopic (exact) mass is 325 g/mol. The molecule has 0 radical (unpaired) electrons. The summed E-state index contributed by atoms with van der Waals surface area (Å²) in [6.07, 6.45) is 0.786. The van der Waals surface area contributed by atoms with Crippen molar-refractivity contribution < 1.29 is 0 Å². The molecule has 0 spiro atoms. The zero-order valence-electron chi connectivity index (χ0n) is 12.9. The van der Waals surface area contributed by atoms with Gasteiger partial charge in [-0.25, -0.2) is 10.4 Å². The number of rotatable bonds is 5. The number of hydrazine groups is 1. The predicted octanol–water partition coefficient (Wildman–Crippen LogP) is 2.91. The zero-order chi connectivity index (χ0) is 16.1. The number of fused-ring (bicyclic) bond motifs is 1. The molecule has 23 heavy (non-hydrogen) atoms. The third-order valence-electron chi connectivity index (χ3n) is 3.52. The maximum Gasteiger partial charge on any atom is 0.185 e. The van der Waals surface area contributed by atoms with E-state index in [0.717, 1.165) is 41.1 Å². The lowest BCUT2D eigenvalue weighted by molar-refractivity contribution is 0.644. The molecule has 6 heteroatoms. The van der Waals surface area contributed by atoms with Gasteiger partial charge in [0.1, 0.15) is 5.82 Å². The van der Waals surface area contributed by atoms with Crippen LogP contribution in [0.2, 0.25) is 0 Å². The van der Waals surface area contributed by atoms with Crippen LogP contribution >= 0.6 is 12.2 Å². The average Bonchev–Trinajstić information content (AvgIpc) is 2.96. The molecule has 0 saturated heterocycles. The number of nitrogens with one attached hydrogen (secondary N) is 4. The first-order valence-electron chi connectivity index (χ1n) is 7.51. The predicted molar refractivity (Wildman–Crippen MR) is 98.3 cm³/mol. The van der Waals surface area contributed by atoms with Crippen LogP contribution < -0.4 is 16.2 Å². The second-order valence-corrected chi connectivity index (χ2v) is 5.68. The van der Waals surface area contributed by atoms with Crippen molar-refractivity contribution in [3.05, 3.63) is 59.9 Å². The maximum absolute atomic E-state index is 5.27. The van der Waals surface area contributed by atoms with E-state index in [2.05, 4.69) is 26.1 Å². The highest BCUT2D eigenvalue weighted by atomic mass is 32.1. The number of aromatic amines is 1. The number of imidazole rings is 1. The summed E-state index contributed by atoms with van der Waals surface area (Å²) in [4.78, 5) is 7.84. The molecular weight excluding hydrogens is 306 g/mol. The number of benzene rings is 2. The van der Waals surface area contributed by atoms with Crippen molar-refractivity contribution in [1.29, 1.82) is 0 Å². The fraction of sp³-hybridized carbons (Fsp3) is 0.176. The molecule has 3 rings (SSSR count). The number of hydrogen-bond acceptors (Lipinski definition) is 3. The zero-order valence-corrected chi connectivity index (χ0v) is 13.7. The minimum Gasteiger partial charge on any atom is -0.342 e. The summed E-state index contributed by atoms with van der Waals surface area (Å²) in [7, 11) is 0. The van der Waals surface area contributed by atoms with Crippen LogP contribution in [0.15, 0.2) is 48.5 Å². The van der Waals surface area contributed by atoms with Crippen LogP contribution in [-0.4, -0.2) is 21.6 Å². The van der Waals surface area contributed by atoms with E-state index in [4.69, 9.17) is 12.2 Å². The molecule has 5 nitrogen and oxygen atoms in total. The van der Waals surface area contributed by atoms with E-state index < -0.39 is 0 Å². The molecule has 2 aromatic carbocycles. The van der Waals surface area contributed by atoms with Gasteiger partial charge in [-0.2, -0.15) is 0 Å². The topological polar surface area (TPSA) is 64.8 Å². The number of aromatic nitrogens is 2. The second-order valence-electron chi connectivity index (χ2n) is 5.27. The number of anilines is 1. The van der Waals surface area contributed by atoms with Gasteiger partial charge >= 0.3 is 0 Å². The number of H-pyrrole nitrogens is 1. The minimum absolute atomic E-state index is 0.545. The lowest BCUT2D eigenvalue weighted by Gasteiger charge is -2.12. The van der Waals surface area contributed by atoms with Gasteiger partial charge < -0.3 is 10.3 Å². The summed E-state index contributed by atoms with van der Waals surface area (Å²) in [6, 6.07) is 16.0. The van der Waals surface area contributed by atoms with E-state index >= 15 is 0 Å². The van der Waals surface area contributed by atoms with Crippen molar-refractivity contribution in [3.63, 3.8) is 0 Å². The van der Waals surface area contributed by atoms with E-state index in [1.807, 2.05) is 55.5 Å². The Morgan fingerprint density at radius 3 is 2.74 bits per heavy atom. The van der Waals surface area contributed by atoms with Crippen LogP contribution in [0.4, 0.5) is 5.69 Å². The van der Waals surface area contributed by atoms with Crippen LogP contribution in [0.1, 0.15) is 11.4 Å².